The molecule has 0 aromatic carbocycles. The van der Waals surface area contributed by atoms with Gasteiger partial charge in [-0.1, -0.05) is 254 Å². The van der Waals surface area contributed by atoms with Crippen LogP contribution in [0.3, 0.4) is 0 Å². The molecule has 5 nitrogen and oxygen atoms in total. The highest BCUT2D eigenvalue weighted by Gasteiger charge is 2.17. The number of esters is 2. The van der Waals surface area contributed by atoms with Crippen LogP contribution in [0.2, 0.25) is 0 Å². The second kappa shape index (κ2) is 56.7. The number of hydrogen-bond donors (Lipinski definition) is 0. The van der Waals surface area contributed by atoms with E-state index in [0.717, 1.165) is 96.3 Å². The van der Waals surface area contributed by atoms with Gasteiger partial charge in [0.25, 0.3) is 0 Å². The van der Waals surface area contributed by atoms with Gasteiger partial charge in [0.2, 0.25) is 0 Å². The highest BCUT2D eigenvalue weighted by molar-refractivity contribution is 5.70. The van der Waals surface area contributed by atoms with E-state index in [4.69, 9.17) is 14.2 Å². The van der Waals surface area contributed by atoms with Gasteiger partial charge in [-0.3, -0.25) is 9.59 Å². The van der Waals surface area contributed by atoms with E-state index in [9.17, 15) is 9.59 Å². The summed E-state index contributed by atoms with van der Waals surface area (Å²) < 4.78 is 17.5. The Morgan fingerprint density at radius 3 is 1.15 bits per heavy atom. The molecule has 0 rings (SSSR count). The summed E-state index contributed by atoms with van der Waals surface area (Å²) in [6.07, 6.45) is 73.5. The molecule has 0 saturated heterocycles. The molecule has 0 aromatic rings. The van der Waals surface area contributed by atoms with Gasteiger partial charge in [0.1, 0.15) is 6.61 Å². The van der Waals surface area contributed by atoms with E-state index in [0.29, 0.717) is 19.4 Å². The van der Waals surface area contributed by atoms with Gasteiger partial charge >= 0.3 is 11.9 Å². The number of hydrogen-bond acceptors (Lipinski definition) is 5. The number of carbonyl (C=O) groups is 2. The van der Waals surface area contributed by atoms with Gasteiger partial charge < -0.3 is 14.2 Å². The number of carbonyl (C=O) groups excluding carboxylic acids is 2. The van der Waals surface area contributed by atoms with E-state index in [2.05, 4.69) is 93.7 Å². The second-order valence-corrected chi connectivity index (χ2v) is 18.8. The molecule has 5 heteroatoms. The first-order chi connectivity index (χ1) is 32.6. The average molecular weight is 922 g/mol. The maximum atomic E-state index is 12.8. The van der Waals surface area contributed by atoms with Crippen LogP contribution in [0.5, 0.6) is 0 Å². The Kier molecular flexibility index (Phi) is 54.4. The molecular weight excluding hydrogens is 813 g/mol. The summed E-state index contributed by atoms with van der Waals surface area (Å²) in [4.78, 5) is 25.5. The largest absolute Gasteiger partial charge is 0.462 e. The molecule has 0 aliphatic rings. The molecule has 0 heterocycles. The van der Waals surface area contributed by atoms with Gasteiger partial charge in [-0.25, -0.2) is 0 Å². The first kappa shape index (κ1) is 63.3. The zero-order valence-electron chi connectivity index (χ0n) is 44.0. The third-order valence-electron chi connectivity index (χ3n) is 12.2. The summed E-state index contributed by atoms with van der Waals surface area (Å²) in [6, 6.07) is 0. The van der Waals surface area contributed by atoms with Crippen LogP contribution in [-0.4, -0.2) is 37.9 Å². The van der Waals surface area contributed by atoms with E-state index >= 15 is 0 Å². The molecule has 0 aliphatic heterocycles. The Morgan fingerprint density at radius 2 is 0.712 bits per heavy atom. The van der Waals surface area contributed by atoms with E-state index in [1.807, 2.05) is 0 Å². The van der Waals surface area contributed by atoms with Crippen molar-refractivity contribution < 1.29 is 23.8 Å². The summed E-state index contributed by atoms with van der Waals surface area (Å²) in [7, 11) is 0. The van der Waals surface area contributed by atoms with E-state index in [1.165, 1.54) is 148 Å². The number of unbranched alkanes of at least 4 members (excludes halogenated alkanes) is 29. The minimum Gasteiger partial charge on any atom is -0.462 e. The molecule has 0 spiro atoms. The smallest absolute Gasteiger partial charge is 0.306 e. The fourth-order valence-electron chi connectivity index (χ4n) is 8.01. The SMILES string of the molecule is CC/C=C\C/C=C\C/C=C\C/C=C\CCCCCCCCC(=O)OCC(COCCCCCCCCCCCCCCCCCCCC)OC(=O)CCCCCCC/C=C\C/C=C\CCC. The minimum absolute atomic E-state index is 0.0723. The average Bonchev–Trinajstić information content (AvgIpc) is 3.32. The van der Waals surface area contributed by atoms with Crippen LogP contribution in [0.25, 0.3) is 0 Å². The third-order valence-corrected chi connectivity index (χ3v) is 12.2. The van der Waals surface area contributed by atoms with Crippen molar-refractivity contribution in [3.05, 3.63) is 72.9 Å². The van der Waals surface area contributed by atoms with Crippen LogP contribution in [0, 0.1) is 0 Å². The Morgan fingerprint density at radius 1 is 0.348 bits per heavy atom. The summed E-state index contributed by atoms with van der Waals surface area (Å²) in [6.45, 7) is 7.66. The van der Waals surface area contributed by atoms with Crippen molar-refractivity contribution in [2.24, 2.45) is 0 Å². The first-order valence-electron chi connectivity index (χ1n) is 28.5. The molecule has 382 valence electrons. The lowest BCUT2D eigenvalue weighted by atomic mass is 10.0. The van der Waals surface area contributed by atoms with Crippen molar-refractivity contribution in [1.29, 1.82) is 0 Å². The standard InChI is InChI=1S/C61H108O5/c1-4-7-10-13-16-19-22-25-27-29-31-32-34-37-39-42-45-48-51-54-60(62)65-58-59(66-61(63)55-52-49-46-43-40-36-24-21-18-15-12-9-6-3)57-64-56-53-50-47-44-41-38-35-33-30-28-26-23-20-17-14-11-8-5-2/h7,10,12,15-16,19,21,24-25,27,31-32,59H,4-6,8-9,11,13-14,17-18,20,22-23,26,28-30,33-58H2,1-3H3/b10-7-,15-12-,19-16-,24-21-,27-25-,32-31-. The maximum absolute atomic E-state index is 12.8. The van der Waals surface area contributed by atoms with Crippen molar-refractivity contribution in [1.82, 2.24) is 0 Å². The van der Waals surface area contributed by atoms with E-state index < -0.39 is 6.10 Å². The molecule has 1 atom stereocenters. The quantitative estimate of drug-likeness (QED) is 0.0346. The summed E-state index contributed by atoms with van der Waals surface area (Å²) in [5, 5.41) is 0. The van der Waals surface area contributed by atoms with Crippen molar-refractivity contribution >= 4 is 11.9 Å². The van der Waals surface area contributed by atoms with Crippen LogP contribution in [0.1, 0.15) is 278 Å². The molecule has 0 aromatic heterocycles. The summed E-state index contributed by atoms with van der Waals surface area (Å²) >= 11 is 0. The van der Waals surface area contributed by atoms with Gasteiger partial charge in [0.05, 0.1) is 6.61 Å². The van der Waals surface area contributed by atoms with E-state index in [-0.39, 0.29) is 25.2 Å². The predicted molar refractivity (Wildman–Crippen MR) is 288 cm³/mol. The normalized spacial score (nSPS) is 12.7. The molecule has 0 aliphatic carbocycles. The lowest BCUT2D eigenvalue weighted by Gasteiger charge is -2.18. The highest BCUT2D eigenvalue weighted by Crippen LogP contribution is 2.16. The molecule has 1 unspecified atom stereocenters. The van der Waals surface area contributed by atoms with Crippen LogP contribution in [0.15, 0.2) is 72.9 Å². The van der Waals surface area contributed by atoms with Crippen LogP contribution < -0.4 is 0 Å². The molecule has 0 N–H and O–H groups in total. The van der Waals surface area contributed by atoms with Crippen molar-refractivity contribution in [2.45, 2.75) is 284 Å². The third kappa shape index (κ3) is 54.0. The monoisotopic (exact) mass is 921 g/mol. The van der Waals surface area contributed by atoms with Crippen LogP contribution >= 0.6 is 0 Å². The summed E-state index contributed by atoms with van der Waals surface area (Å²) in [5.74, 6) is -0.421. The molecule has 0 radical (unpaired) electrons. The summed E-state index contributed by atoms with van der Waals surface area (Å²) in [5.41, 5.74) is 0. The van der Waals surface area contributed by atoms with Crippen molar-refractivity contribution in [2.75, 3.05) is 19.8 Å². The molecule has 66 heavy (non-hydrogen) atoms. The zero-order valence-corrected chi connectivity index (χ0v) is 44.0. The van der Waals surface area contributed by atoms with Crippen molar-refractivity contribution in [3.8, 4) is 0 Å². The lowest BCUT2D eigenvalue weighted by Crippen LogP contribution is -2.30. The topological polar surface area (TPSA) is 61.8 Å². The molecular formula is C61H108O5. The fraction of sp³-hybridized carbons (Fsp3) is 0.770. The Bertz CT molecular complexity index is 1180. The fourth-order valence-corrected chi connectivity index (χ4v) is 8.01. The minimum atomic E-state index is -0.550. The van der Waals surface area contributed by atoms with Gasteiger partial charge in [-0.15, -0.1) is 0 Å². The number of allylic oxidation sites excluding steroid dienone is 12. The molecule has 0 fully saturated rings. The van der Waals surface area contributed by atoms with Gasteiger partial charge in [-0.05, 0) is 83.5 Å². The maximum Gasteiger partial charge on any atom is 0.306 e. The molecule has 0 saturated carbocycles. The predicted octanol–water partition coefficient (Wildman–Crippen LogP) is 19.5. The first-order valence-corrected chi connectivity index (χ1v) is 28.5. The van der Waals surface area contributed by atoms with E-state index in [1.54, 1.807) is 0 Å². The van der Waals surface area contributed by atoms with Gasteiger partial charge in [-0.2, -0.15) is 0 Å². The van der Waals surface area contributed by atoms with Crippen LogP contribution in [0.4, 0.5) is 0 Å². The Hall–Kier alpha value is -2.66. The van der Waals surface area contributed by atoms with Crippen molar-refractivity contribution in [3.63, 3.8) is 0 Å². The van der Waals surface area contributed by atoms with Crippen LogP contribution in [-0.2, 0) is 23.8 Å². The second-order valence-electron chi connectivity index (χ2n) is 18.8. The number of rotatable bonds is 52. The Labute approximate surface area is 410 Å². The zero-order chi connectivity index (χ0) is 47.7. The highest BCUT2D eigenvalue weighted by atomic mass is 16.6. The lowest BCUT2D eigenvalue weighted by molar-refractivity contribution is -0.163. The number of ether oxygens (including phenoxy) is 3. The molecule has 0 amide bonds. The Balaban J connectivity index is 4.27. The van der Waals surface area contributed by atoms with Gasteiger partial charge in [0.15, 0.2) is 6.10 Å². The van der Waals surface area contributed by atoms with Gasteiger partial charge in [0, 0.05) is 19.4 Å². The molecule has 0 bridgehead atoms.